The summed E-state index contributed by atoms with van der Waals surface area (Å²) >= 11 is 0. The number of furan rings is 2. The Hall–Kier alpha value is -5.86. The van der Waals surface area contributed by atoms with Crippen LogP contribution in [0, 0.1) is 0 Å². The number of rotatable bonds is 2. The smallest absolute Gasteiger partial charge is 0.143 e. The van der Waals surface area contributed by atoms with Crippen molar-refractivity contribution in [1.82, 2.24) is 0 Å². The van der Waals surface area contributed by atoms with E-state index < -0.39 is 0 Å². The molecule has 0 spiro atoms. The molecule has 0 atom stereocenters. The maximum absolute atomic E-state index is 6.77. The lowest BCUT2D eigenvalue weighted by Crippen LogP contribution is -2.14. The lowest BCUT2D eigenvalue weighted by molar-refractivity contribution is 0.659. The second-order valence-corrected chi connectivity index (χ2v) is 15.3. The van der Waals surface area contributed by atoms with Crippen LogP contribution in [0.15, 0.2) is 142 Å². The third kappa shape index (κ3) is 4.65. The molecule has 2 heterocycles. The first-order chi connectivity index (χ1) is 26.3. The molecule has 54 heavy (non-hydrogen) atoms. The van der Waals surface area contributed by atoms with Crippen molar-refractivity contribution in [2.75, 3.05) is 0 Å². The fourth-order valence-corrected chi connectivity index (χ4v) is 9.29. The Labute approximate surface area is 318 Å². The van der Waals surface area contributed by atoms with Crippen molar-refractivity contribution in [2.45, 2.75) is 66.2 Å². The average Bonchev–Trinajstić information content (AvgIpc) is 3.90. The largest absolute Gasteiger partial charge is 0.455 e. The summed E-state index contributed by atoms with van der Waals surface area (Å²) in [5.41, 5.74) is 18.8. The zero-order valence-corrected chi connectivity index (χ0v) is 32.5. The molecule has 266 valence electrons. The first kappa shape index (κ1) is 33.9. The molecule has 0 amide bonds. The first-order valence-electron chi connectivity index (χ1n) is 19.6. The number of benzene rings is 7. The molecule has 0 unspecified atom stereocenters. The average molecular weight is 703 g/mol. The van der Waals surface area contributed by atoms with Crippen molar-refractivity contribution in [1.29, 1.82) is 0 Å². The fourth-order valence-electron chi connectivity index (χ4n) is 9.29. The van der Waals surface area contributed by atoms with Crippen molar-refractivity contribution < 1.29 is 8.83 Å². The molecular weight excluding hydrogens is 657 g/mol. The van der Waals surface area contributed by atoms with Crippen molar-refractivity contribution in [2.24, 2.45) is 0 Å². The molecule has 0 N–H and O–H groups in total. The minimum Gasteiger partial charge on any atom is -0.455 e. The predicted molar refractivity (Wildman–Crippen MR) is 230 cm³/mol. The van der Waals surface area contributed by atoms with Gasteiger partial charge >= 0.3 is 0 Å². The van der Waals surface area contributed by atoms with Crippen molar-refractivity contribution in [3.8, 4) is 44.5 Å². The van der Waals surface area contributed by atoms with Crippen LogP contribution >= 0.6 is 0 Å². The van der Waals surface area contributed by atoms with Crippen molar-refractivity contribution in [3.63, 3.8) is 0 Å². The Morgan fingerprint density at radius 2 is 0.704 bits per heavy atom. The van der Waals surface area contributed by atoms with E-state index in [1.54, 1.807) is 0 Å². The van der Waals surface area contributed by atoms with E-state index >= 15 is 0 Å². The van der Waals surface area contributed by atoms with Crippen LogP contribution in [0.1, 0.15) is 77.6 Å². The van der Waals surface area contributed by atoms with Gasteiger partial charge in [-0.25, -0.2) is 0 Å². The minimum atomic E-state index is -0.0604. The summed E-state index contributed by atoms with van der Waals surface area (Å²) < 4.78 is 13.5. The molecule has 11 rings (SSSR count). The Kier molecular flexibility index (Phi) is 7.76. The van der Waals surface area contributed by atoms with E-state index in [2.05, 4.69) is 161 Å². The van der Waals surface area contributed by atoms with E-state index in [9.17, 15) is 0 Å². The van der Waals surface area contributed by atoms with Gasteiger partial charge in [0.05, 0.1) is 0 Å². The molecule has 2 aliphatic rings. The van der Waals surface area contributed by atoms with Crippen molar-refractivity contribution in [3.05, 3.63) is 156 Å². The summed E-state index contributed by atoms with van der Waals surface area (Å²) in [6.07, 6.45) is 0. The molecule has 2 nitrogen and oxygen atoms in total. The molecule has 0 saturated heterocycles. The van der Waals surface area contributed by atoms with Crippen LogP contribution in [0.25, 0.3) is 88.4 Å². The van der Waals surface area contributed by atoms with E-state index in [4.69, 9.17) is 8.83 Å². The highest BCUT2D eigenvalue weighted by molar-refractivity contribution is 6.18. The van der Waals surface area contributed by atoms with Crippen LogP contribution in [-0.2, 0) is 10.8 Å². The van der Waals surface area contributed by atoms with Crippen LogP contribution in [0.2, 0.25) is 0 Å². The molecule has 0 fully saturated rings. The summed E-state index contributed by atoms with van der Waals surface area (Å²) in [7, 11) is 0. The van der Waals surface area contributed by atoms with Gasteiger partial charge in [-0.05, 0) is 79.9 Å². The van der Waals surface area contributed by atoms with Gasteiger partial charge in [-0.15, -0.1) is 0 Å². The zero-order valence-electron chi connectivity index (χ0n) is 32.5. The van der Waals surface area contributed by atoms with E-state index in [1.165, 1.54) is 55.6 Å². The lowest BCUT2D eigenvalue weighted by Gasteiger charge is -2.22. The highest BCUT2D eigenvalue weighted by atomic mass is 16.3. The lowest BCUT2D eigenvalue weighted by atomic mass is 9.81. The summed E-state index contributed by atoms with van der Waals surface area (Å²) in [5.74, 6) is 0. The van der Waals surface area contributed by atoms with Crippen LogP contribution < -0.4 is 0 Å². The minimum absolute atomic E-state index is 0.0604. The van der Waals surface area contributed by atoms with Gasteiger partial charge in [0.15, 0.2) is 0 Å². The Balaban J connectivity index is 0.000000932. The number of para-hydroxylation sites is 2. The topological polar surface area (TPSA) is 26.3 Å². The number of hydrogen-bond acceptors (Lipinski definition) is 2. The van der Waals surface area contributed by atoms with Gasteiger partial charge in [0.2, 0.25) is 0 Å². The number of fused-ring (bicyclic) bond motifs is 12. The third-order valence-electron chi connectivity index (χ3n) is 11.9. The maximum Gasteiger partial charge on any atom is 0.143 e. The standard InChI is InChI=1S/C48H34O2.2C2H6/c1-47(2)39-17-7-5-11-31(39)33-21-19-27(23-41(33)47)29-13-9-15-35-37-25-44-38(26-43(37)49-45(29)35)36-16-10-14-30(46(36)50-44)28-20-22-34-32-12-6-8-18-40(32)48(3,4)42(34)24-28;2*1-2/h5-26H,1-4H3;2*1-2H3. The number of hydrogen-bond donors (Lipinski definition) is 0. The van der Waals surface area contributed by atoms with Gasteiger partial charge in [-0.2, -0.15) is 0 Å². The molecule has 9 aromatic rings. The second kappa shape index (κ2) is 12.4. The predicted octanol–water partition coefficient (Wildman–Crippen LogP) is 15.5. The van der Waals surface area contributed by atoms with E-state index in [1.807, 2.05) is 27.7 Å². The summed E-state index contributed by atoms with van der Waals surface area (Å²) in [5, 5.41) is 4.34. The summed E-state index contributed by atoms with van der Waals surface area (Å²) in [6, 6.07) is 48.8. The van der Waals surface area contributed by atoms with Gasteiger partial charge in [0.25, 0.3) is 0 Å². The highest BCUT2D eigenvalue weighted by Gasteiger charge is 2.36. The normalized spacial score (nSPS) is 14.2. The van der Waals surface area contributed by atoms with E-state index in [0.29, 0.717) is 0 Å². The highest BCUT2D eigenvalue weighted by Crippen LogP contribution is 2.52. The van der Waals surface area contributed by atoms with E-state index in [-0.39, 0.29) is 10.8 Å². The van der Waals surface area contributed by atoms with Gasteiger partial charge in [0.1, 0.15) is 22.3 Å². The van der Waals surface area contributed by atoms with Gasteiger partial charge in [0, 0.05) is 43.5 Å². The molecule has 2 aliphatic carbocycles. The molecule has 0 radical (unpaired) electrons. The fraction of sp³-hybridized carbons (Fsp3) is 0.192. The van der Waals surface area contributed by atoms with E-state index in [0.717, 1.165) is 55.0 Å². The Morgan fingerprint density at radius 1 is 0.333 bits per heavy atom. The summed E-state index contributed by atoms with van der Waals surface area (Å²) in [6.45, 7) is 17.3. The Bertz CT molecular complexity index is 2730. The molecule has 0 bridgehead atoms. The monoisotopic (exact) mass is 702 g/mol. The zero-order chi connectivity index (χ0) is 37.5. The van der Waals surface area contributed by atoms with Gasteiger partial charge in [-0.3, -0.25) is 0 Å². The van der Waals surface area contributed by atoms with Crippen LogP contribution in [0.4, 0.5) is 0 Å². The summed E-state index contributed by atoms with van der Waals surface area (Å²) in [4.78, 5) is 0. The first-order valence-corrected chi connectivity index (χ1v) is 19.6. The molecule has 0 saturated carbocycles. The quantitative estimate of drug-likeness (QED) is 0.179. The Morgan fingerprint density at radius 3 is 1.13 bits per heavy atom. The molecule has 2 heteroatoms. The molecular formula is C52H46O2. The molecule has 7 aromatic carbocycles. The molecule has 0 aliphatic heterocycles. The molecule has 2 aromatic heterocycles. The van der Waals surface area contributed by atoms with Gasteiger partial charge in [-0.1, -0.05) is 165 Å². The van der Waals surface area contributed by atoms with Crippen molar-refractivity contribution >= 4 is 43.9 Å². The third-order valence-corrected chi connectivity index (χ3v) is 11.9. The second-order valence-electron chi connectivity index (χ2n) is 15.3. The maximum atomic E-state index is 6.77. The van der Waals surface area contributed by atoms with Crippen LogP contribution in [0.3, 0.4) is 0 Å². The van der Waals surface area contributed by atoms with Crippen LogP contribution in [0.5, 0.6) is 0 Å². The SMILES string of the molecule is CC.CC.CC1(C)c2ccccc2-c2ccc(-c3cccc4c3oc3cc5c(cc34)oc3c(-c4ccc6c(c4)C(C)(C)c4ccccc4-6)cccc35)cc21. The van der Waals surface area contributed by atoms with Crippen LogP contribution in [-0.4, -0.2) is 0 Å². The van der Waals surface area contributed by atoms with Gasteiger partial charge < -0.3 is 8.83 Å².